The van der Waals surface area contributed by atoms with E-state index in [9.17, 15) is 4.79 Å². The third-order valence-corrected chi connectivity index (χ3v) is 3.02. The van der Waals surface area contributed by atoms with Crippen LogP contribution in [0.15, 0.2) is 24.3 Å². The van der Waals surface area contributed by atoms with Crippen LogP contribution in [0.2, 0.25) is 0 Å². The molecule has 1 aromatic rings. The number of hydrogen-bond acceptors (Lipinski definition) is 2. The minimum atomic E-state index is -0.317. The molecule has 0 radical (unpaired) electrons. The zero-order valence-corrected chi connectivity index (χ0v) is 11.8. The molecule has 0 heterocycles. The number of amides is 1. The lowest BCUT2D eigenvalue weighted by Gasteiger charge is -2.27. The Kier molecular flexibility index (Phi) is 5.35. The number of hydrogen-bond donors (Lipinski definition) is 2. The second kappa shape index (κ2) is 6.55. The van der Waals surface area contributed by atoms with Crippen LogP contribution in [-0.4, -0.2) is 19.5 Å². The van der Waals surface area contributed by atoms with Gasteiger partial charge in [-0.2, -0.15) is 0 Å². The zero-order valence-electron chi connectivity index (χ0n) is 11.8. The topological polar surface area (TPSA) is 41.1 Å². The SMILES string of the molecule is CNCCCC(=O)NC(C)(C)c1cccc(C)c1. The van der Waals surface area contributed by atoms with Gasteiger partial charge in [0.2, 0.25) is 5.91 Å². The molecule has 0 saturated heterocycles. The molecule has 100 valence electrons. The number of carbonyl (C=O) groups excluding carboxylic acids is 1. The largest absolute Gasteiger partial charge is 0.347 e. The standard InChI is InChI=1S/C15H24N2O/c1-12-7-5-8-13(11-12)15(2,3)17-14(18)9-6-10-16-4/h5,7-8,11,16H,6,9-10H2,1-4H3,(H,17,18). The highest BCUT2D eigenvalue weighted by Crippen LogP contribution is 2.21. The average Bonchev–Trinajstić information content (AvgIpc) is 2.28. The Bertz CT molecular complexity index is 399. The van der Waals surface area contributed by atoms with E-state index in [1.807, 2.05) is 27.0 Å². The summed E-state index contributed by atoms with van der Waals surface area (Å²) in [5.41, 5.74) is 2.04. The monoisotopic (exact) mass is 248 g/mol. The van der Waals surface area contributed by atoms with E-state index in [4.69, 9.17) is 0 Å². The molecule has 0 aliphatic heterocycles. The van der Waals surface area contributed by atoms with Crippen molar-refractivity contribution >= 4 is 5.91 Å². The minimum absolute atomic E-state index is 0.108. The zero-order chi connectivity index (χ0) is 13.6. The van der Waals surface area contributed by atoms with Gasteiger partial charge in [0, 0.05) is 6.42 Å². The molecule has 1 aromatic carbocycles. The predicted octanol–water partition coefficient (Wildman–Crippen LogP) is 2.35. The first-order valence-corrected chi connectivity index (χ1v) is 6.48. The van der Waals surface area contributed by atoms with Crippen molar-refractivity contribution in [2.24, 2.45) is 0 Å². The summed E-state index contributed by atoms with van der Waals surface area (Å²) in [6, 6.07) is 8.27. The van der Waals surface area contributed by atoms with E-state index in [2.05, 4.69) is 35.8 Å². The fraction of sp³-hybridized carbons (Fsp3) is 0.533. The molecule has 0 atom stereocenters. The molecule has 0 spiro atoms. The van der Waals surface area contributed by atoms with Gasteiger partial charge < -0.3 is 10.6 Å². The van der Waals surface area contributed by atoms with E-state index in [0.717, 1.165) is 18.5 Å². The van der Waals surface area contributed by atoms with Crippen molar-refractivity contribution in [3.8, 4) is 0 Å². The van der Waals surface area contributed by atoms with E-state index in [1.54, 1.807) is 0 Å². The van der Waals surface area contributed by atoms with Crippen LogP contribution in [0.4, 0.5) is 0 Å². The first kappa shape index (κ1) is 14.7. The quantitative estimate of drug-likeness (QED) is 0.759. The highest BCUT2D eigenvalue weighted by molar-refractivity contribution is 5.76. The van der Waals surface area contributed by atoms with Crippen LogP contribution >= 0.6 is 0 Å². The lowest BCUT2D eigenvalue weighted by molar-refractivity contribution is -0.122. The van der Waals surface area contributed by atoms with Crippen LogP contribution in [0.25, 0.3) is 0 Å². The van der Waals surface area contributed by atoms with E-state index >= 15 is 0 Å². The summed E-state index contributed by atoms with van der Waals surface area (Å²) in [5.74, 6) is 0.108. The van der Waals surface area contributed by atoms with Crippen molar-refractivity contribution in [2.45, 2.75) is 39.2 Å². The average molecular weight is 248 g/mol. The first-order valence-electron chi connectivity index (χ1n) is 6.48. The Labute approximate surface area is 110 Å². The van der Waals surface area contributed by atoms with Gasteiger partial charge in [0.25, 0.3) is 0 Å². The van der Waals surface area contributed by atoms with Gasteiger partial charge in [-0.25, -0.2) is 0 Å². The predicted molar refractivity (Wildman–Crippen MR) is 75.5 cm³/mol. The lowest BCUT2D eigenvalue weighted by atomic mass is 9.93. The van der Waals surface area contributed by atoms with Gasteiger partial charge in [-0.1, -0.05) is 29.8 Å². The molecule has 3 heteroatoms. The van der Waals surface area contributed by atoms with E-state index in [1.165, 1.54) is 5.56 Å². The lowest BCUT2D eigenvalue weighted by Crippen LogP contribution is -2.41. The maximum Gasteiger partial charge on any atom is 0.220 e. The molecule has 18 heavy (non-hydrogen) atoms. The number of carbonyl (C=O) groups is 1. The van der Waals surface area contributed by atoms with Crippen LogP contribution in [0, 0.1) is 6.92 Å². The van der Waals surface area contributed by atoms with Gasteiger partial charge in [-0.3, -0.25) is 4.79 Å². The highest BCUT2D eigenvalue weighted by atomic mass is 16.1. The molecular weight excluding hydrogens is 224 g/mol. The second-order valence-electron chi connectivity index (χ2n) is 5.25. The van der Waals surface area contributed by atoms with Gasteiger partial charge in [-0.15, -0.1) is 0 Å². The summed E-state index contributed by atoms with van der Waals surface area (Å²) in [5, 5.41) is 6.14. The number of benzene rings is 1. The molecule has 0 unspecified atom stereocenters. The van der Waals surface area contributed by atoms with Gasteiger partial charge in [0.1, 0.15) is 0 Å². The van der Waals surface area contributed by atoms with Gasteiger partial charge in [-0.05, 0) is 46.3 Å². The summed E-state index contributed by atoms with van der Waals surface area (Å²) in [4.78, 5) is 11.9. The maximum atomic E-state index is 11.9. The third kappa shape index (κ3) is 4.49. The van der Waals surface area contributed by atoms with Gasteiger partial charge >= 0.3 is 0 Å². The normalized spacial score (nSPS) is 11.3. The molecule has 0 fully saturated rings. The van der Waals surface area contributed by atoms with Gasteiger partial charge in [0.05, 0.1) is 5.54 Å². The third-order valence-electron chi connectivity index (χ3n) is 3.02. The van der Waals surface area contributed by atoms with Crippen molar-refractivity contribution in [1.82, 2.24) is 10.6 Å². The van der Waals surface area contributed by atoms with Crippen molar-refractivity contribution < 1.29 is 4.79 Å². The Balaban J connectivity index is 2.61. The van der Waals surface area contributed by atoms with E-state index < -0.39 is 0 Å². The molecule has 2 N–H and O–H groups in total. The van der Waals surface area contributed by atoms with Crippen LogP contribution < -0.4 is 10.6 Å². The highest BCUT2D eigenvalue weighted by Gasteiger charge is 2.22. The molecular formula is C15H24N2O. The van der Waals surface area contributed by atoms with E-state index in [0.29, 0.717) is 6.42 Å². The maximum absolute atomic E-state index is 11.9. The summed E-state index contributed by atoms with van der Waals surface area (Å²) in [7, 11) is 1.90. The molecule has 0 aromatic heterocycles. The number of aryl methyl sites for hydroxylation is 1. The molecule has 0 bridgehead atoms. The smallest absolute Gasteiger partial charge is 0.220 e. The second-order valence-corrected chi connectivity index (χ2v) is 5.25. The van der Waals surface area contributed by atoms with Crippen molar-refractivity contribution in [2.75, 3.05) is 13.6 Å². The van der Waals surface area contributed by atoms with Crippen LogP contribution in [0.3, 0.4) is 0 Å². The molecule has 0 aliphatic rings. The summed E-state index contributed by atoms with van der Waals surface area (Å²) < 4.78 is 0. The Hall–Kier alpha value is -1.35. The molecule has 1 rings (SSSR count). The minimum Gasteiger partial charge on any atom is -0.347 e. The van der Waals surface area contributed by atoms with Crippen molar-refractivity contribution in [3.63, 3.8) is 0 Å². The fourth-order valence-electron chi connectivity index (χ4n) is 1.94. The van der Waals surface area contributed by atoms with Gasteiger partial charge in [0.15, 0.2) is 0 Å². The molecule has 0 saturated carbocycles. The first-order chi connectivity index (χ1) is 8.45. The molecule has 1 amide bonds. The number of nitrogens with one attached hydrogen (secondary N) is 2. The Morgan fingerprint density at radius 1 is 1.33 bits per heavy atom. The summed E-state index contributed by atoms with van der Waals surface area (Å²) >= 11 is 0. The summed E-state index contributed by atoms with van der Waals surface area (Å²) in [6.45, 7) is 7.02. The summed E-state index contributed by atoms with van der Waals surface area (Å²) in [6.07, 6.45) is 1.43. The van der Waals surface area contributed by atoms with E-state index in [-0.39, 0.29) is 11.4 Å². The van der Waals surface area contributed by atoms with Crippen molar-refractivity contribution in [1.29, 1.82) is 0 Å². The Morgan fingerprint density at radius 3 is 2.67 bits per heavy atom. The molecule has 0 aliphatic carbocycles. The number of rotatable bonds is 6. The fourth-order valence-corrected chi connectivity index (χ4v) is 1.94. The molecule has 3 nitrogen and oxygen atoms in total. The van der Waals surface area contributed by atoms with Crippen LogP contribution in [0.5, 0.6) is 0 Å². The Morgan fingerprint density at radius 2 is 2.06 bits per heavy atom. The van der Waals surface area contributed by atoms with Crippen LogP contribution in [-0.2, 0) is 10.3 Å². The van der Waals surface area contributed by atoms with Crippen LogP contribution in [0.1, 0.15) is 37.8 Å². The van der Waals surface area contributed by atoms with Crippen molar-refractivity contribution in [3.05, 3.63) is 35.4 Å².